The van der Waals surface area contributed by atoms with Crippen molar-refractivity contribution in [2.24, 2.45) is 22.9 Å². The van der Waals surface area contributed by atoms with E-state index in [0.29, 0.717) is 50.4 Å². The quantitative estimate of drug-likeness (QED) is 0.0401. The van der Waals surface area contributed by atoms with Gasteiger partial charge in [0.25, 0.3) is 0 Å². The molecule has 1 saturated carbocycles. The van der Waals surface area contributed by atoms with Crippen LogP contribution in [0.25, 0.3) is 0 Å². The number of rotatable bonds is 29. The molecule has 6 atom stereocenters. The van der Waals surface area contributed by atoms with E-state index in [1.54, 1.807) is 18.2 Å². The van der Waals surface area contributed by atoms with E-state index in [2.05, 4.69) is 30.6 Å². The van der Waals surface area contributed by atoms with Gasteiger partial charge in [-0.25, -0.2) is 4.39 Å². The van der Waals surface area contributed by atoms with Crippen molar-refractivity contribution in [2.45, 2.75) is 161 Å². The number of aryl methyl sites for hydroxylation is 1. The Labute approximate surface area is 393 Å². The Bertz CT molecular complexity index is 2040. The van der Waals surface area contributed by atoms with Crippen LogP contribution in [0.2, 0.25) is 0 Å². The lowest BCUT2D eigenvalue weighted by atomic mass is 9.55. The van der Waals surface area contributed by atoms with Crippen molar-refractivity contribution in [1.29, 1.82) is 0 Å². The molecule has 0 radical (unpaired) electrons. The van der Waals surface area contributed by atoms with Gasteiger partial charge in [-0.15, -0.1) is 6.58 Å². The van der Waals surface area contributed by atoms with Crippen molar-refractivity contribution < 1.29 is 38.4 Å². The minimum absolute atomic E-state index is 0.0197. The second kappa shape index (κ2) is 26.1. The lowest BCUT2D eigenvalue weighted by Crippen LogP contribution is -2.70. The molecule has 3 aromatic rings. The topological polar surface area (TPSA) is 123 Å². The minimum Gasteiger partial charge on any atom is -0.487 e. The summed E-state index contributed by atoms with van der Waals surface area (Å²) in [5.74, 6) is -0.867. The maximum absolute atomic E-state index is 15.1. The van der Waals surface area contributed by atoms with Crippen LogP contribution in [0, 0.1) is 30.5 Å². The number of oxime groups is 1. The minimum atomic E-state index is -1.39. The summed E-state index contributed by atoms with van der Waals surface area (Å²) in [5, 5.41) is 24.8. The number of benzene rings is 2. The Morgan fingerprint density at radius 2 is 1.67 bits per heavy atom. The van der Waals surface area contributed by atoms with Gasteiger partial charge in [-0.2, -0.15) is 0 Å². The van der Waals surface area contributed by atoms with Gasteiger partial charge in [-0.3, -0.25) is 9.78 Å². The number of ether oxygens (including phenoxy) is 3. The molecule has 1 aliphatic heterocycles. The average molecular weight is 910 g/mol. The van der Waals surface area contributed by atoms with Crippen LogP contribution in [0.5, 0.6) is 11.5 Å². The van der Waals surface area contributed by atoms with Crippen molar-refractivity contribution >= 4 is 11.6 Å². The van der Waals surface area contributed by atoms with Crippen molar-refractivity contribution in [3.63, 3.8) is 0 Å². The SMILES string of the molecule is C=CCOC12Oc3ccc(OCc4cccc(C)n4)cc3C3C(CCCCO)C(CCCCO)C=C(C(=NOCC)CC1N(Cc1ccc(F)cc1)C(=O)CCCCCCCCCCC)C32. The number of hydrogen-bond acceptors (Lipinski definition) is 9. The van der Waals surface area contributed by atoms with Crippen molar-refractivity contribution in [1.82, 2.24) is 9.88 Å². The zero-order valence-corrected chi connectivity index (χ0v) is 39.9. The molecule has 360 valence electrons. The zero-order valence-electron chi connectivity index (χ0n) is 39.9. The highest BCUT2D eigenvalue weighted by Crippen LogP contribution is 2.62. The number of aromatic nitrogens is 1. The molecule has 6 unspecified atom stereocenters. The van der Waals surface area contributed by atoms with Crippen LogP contribution in [0.15, 0.2) is 90.1 Å². The number of allylic oxidation sites excluding steroid dienone is 1. The summed E-state index contributed by atoms with van der Waals surface area (Å²) in [7, 11) is 0. The summed E-state index contributed by atoms with van der Waals surface area (Å²) < 4.78 is 35.5. The molecule has 1 fully saturated rings. The summed E-state index contributed by atoms with van der Waals surface area (Å²) in [6.07, 6.45) is 19.6. The smallest absolute Gasteiger partial charge is 0.239 e. The Morgan fingerprint density at radius 1 is 0.939 bits per heavy atom. The van der Waals surface area contributed by atoms with Crippen molar-refractivity contribution in [3.05, 3.63) is 113 Å². The number of hydrogen-bond donors (Lipinski definition) is 2. The fourth-order valence-corrected chi connectivity index (χ4v) is 10.6. The lowest BCUT2D eigenvalue weighted by Gasteiger charge is -2.60. The number of pyridine rings is 1. The first-order valence-electron chi connectivity index (χ1n) is 25.1. The molecule has 2 aromatic carbocycles. The highest BCUT2D eigenvalue weighted by atomic mass is 19.1. The van der Waals surface area contributed by atoms with E-state index in [1.807, 2.05) is 49.1 Å². The summed E-state index contributed by atoms with van der Waals surface area (Å²) in [6, 6.07) is 17.6. The number of unbranched alkanes of at least 4 members (excludes halogenated alkanes) is 10. The van der Waals surface area contributed by atoms with E-state index >= 15 is 4.79 Å². The predicted octanol–water partition coefficient (Wildman–Crippen LogP) is 11.7. The highest BCUT2D eigenvalue weighted by molar-refractivity contribution is 6.03. The van der Waals surface area contributed by atoms with E-state index in [9.17, 15) is 14.6 Å². The van der Waals surface area contributed by atoms with E-state index < -0.39 is 17.7 Å². The second-order valence-electron chi connectivity index (χ2n) is 18.5. The van der Waals surface area contributed by atoms with Gasteiger partial charge in [0.15, 0.2) is 0 Å². The van der Waals surface area contributed by atoms with E-state index in [1.165, 1.54) is 44.2 Å². The van der Waals surface area contributed by atoms with E-state index in [4.69, 9.17) is 24.2 Å². The summed E-state index contributed by atoms with van der Waals surface area (Å²) in [5.41, 5.74) is 5.27. The van der Waals surface area contributed by atoms with Crippen LogP contribution < -0.4 is 9.47 Å². The van der Waals surface area contributed by atoms with Crippen LogP contribution in [0.1, 0.15) is 151 Å². The summed E-state index contributed by atoms with van der Waals surface area (Å²) >= 11 is 0. The molecule has 2 heterocycles. The van der Waals surface area contributed by atoms with Crippen LogP contribution >= 0.6 is 0 Å². The fourth-order valence-electron chi connectivity index (χ4n) is 10.6. The average Bonchev–Trinajstić information content (AvgIpc) is 3.32. The van der Waals surface area contributed by atoms with Crippen LogP contribution in [0.4, 0.5) is 4.39 Å². The number of carbonyl (C=O) groups is 1. The molecule has 2 aliphatic carbocycles. The number of aliphatic hydroxyl groups is 2. The fraction of sp³-hybridized carbons (Fsp3) is 0.582. The second-order valence-corrected chi connectivity index (χ2v) is 18.5. The van der Waals surface area contributed by atoms with Crippen molar-refractivity contribution in [2.75, 3.05) is 26.4 Å². The molecule has 10 nitrogen and oxygen atoms in total. The van der Waals surface area contributed by atoms with Crippen LogP contribution in [-0.4, -0.2) is 70.0 Å². The standard InChI is InChI=1S/C55H76FN3O7/c1-5-8-9-10-11-12-13-14-15-25-52(62)59(38-41-26-28-43(56)29-27-41)51-37-49(58-65-7-3)47-35-42(22-16-18-32-60)46(24-17-19-33-61)53-48-36-45(63-39-44-23-20-21-40(4)57-44)30-31-50(48)66-55(51,54(47)53)64-34-6-2/h6,20-21,23,26-31,35-36,42,46,51,53-54,60-61H,2,5,7-19,22,24-25,32-34,37-39H2,1,3-4H3. The molecule has 0 saturated heterocycles. The summed E-state index contributed by atoms with van der Waals surface area (Å²) in [6.45, 7) is 11.5. The van der Waals surface area contributed by atoms with Gasteiger partial charge < -0.3 is 34.2 Å². The number of fused-ring (bicyclic) bond motifs is 2. The molecule has 2 N–H and O–H groups in total. The van der Waals surface area contributed by atoms with Gasteiger partial charge in [0.2, 0.25) is 11.7 Å². The van der Waals surface area contributed by atoms with Crippen LogP contribution in [-0.2, 0) is 27.5 Å². The van der Waals surface area contributed by atoms with Crippen LogP contribution in [0.3, 0.4) is 0 Å². The van der Waals surface area contributed by atoms with Gasteiger partial charge in [-0.05, 0) is 111 Å². The predicted molar refractivity (Wildman–Crippen MR) is 259 cm³/mol. The first-order chi connectivity index (χ1) is 32.3. The molecular formula is C55H76FN3O7. The zero-order chi connectivity index (χ0) is 46.7. The maximum Gasteiger partial charge on any atom is 0.239 e. The molecule has 1 amide bonds. The molecule has 66 heavy (non-hydrogen) atoms. The van der Waals surface area contributed by atoms with Gasteiger partial charge in [0.1, 0.15) is 36.6 Å². The third kappa shape index (κ3) is 13.1. The molecule has 0 bridgehead atoms. The maximum atomic E-state index is 15.1. The van der Waals surface area contributed by atoms with E-state index in [0.717, 1.165) is 85.2 Å². The first kappa shape index (κ1) is 50.8. The Kier molecular flexibility index (Phi) is 20.1. The van der Waals surface area contributed by atoms with Gasteiger partial charge in [0.05, 0.1) is 23.9 Å². The molecule has 3 aliphatic rings. The van der Waals surface area contributed by atoms with E-state index in [-0.39, 0.29) is 55.8 Å². The number of carbonyl (C=O) groups excluding carboxylic acids is 1. The third-order valence-electron chi connectivity index (χ3n) is 13.7. The monoisotopic (exact) mass is 910 g/mol. The Balaban J connectivity index is 1.48. The molecule has 6 rings (SSSR count). The van der Waals surface area contributed by atoms with Gasteiger partial charge in [-0.1, -0.05) is 107 Å². The van der Waals surface area contributed by atoms with Crippen molar-refractivity contribution in [3.8, 4) is 11.5 Å². The first-order valence-corrected chi connectivity index (χ1v) is 25.1. The Hall–Kier alpha value is -4.58. The Morgan fingerprint density at radius 3 is 2.36 bits per heavy atom. The lowest BCUT2D eigenvalue weighted by molar-refractivity contribution is -0.258. The number of halogens is 1. The normalized spacial score (nSPS) is 22.5. The number of aliphatic hydroxyl groups excluding tert-OH is 2. The largest absolute Gasteiger partial charge is 0.487 e. The van der Waals surface area contributed by atoms with Gasteiger partial charge in [0, 0.05) is 49.8 Å². The highest BCUT2D eigenvalue weighted by Gasteiger charge is 2.65. The molecular weight excluding hydrogens is 834 g/mol. The van der Waals surface area contributed by atoms with Gasteiger partial charge >= 0.3 is 0 Å². The molecule has 0 spiro atoms. The molecule has 1 aromatic heterocycles. The molecule has 11 heteroatoms. The summed E-state index contributed by atoms with van der Waals surface area (Å²) in [4.78, 5) is 27.6. The third-order valence-corrected chi connectivity index (χ3v) is 13.7. The number of amides is 1. The number of nitrogens with zero attached hydrogens (tertiary/aromatic N) is 3.